The maximum atomic E-state index is 12.3. The Balaban J connectivity index is 0.00000264. The molecule has 0 radical (unpaired) electrons. The lowest BCUT2D eigenvalue weighted by atomic mass is 9.96. The maximum absolute atomic E-state index is 12.3. The molecule has 1 heterocycles. The summed E-state index contributed by atoms with van der Waals surface area (Å²) < 4.78 is 0. The number of hydrogen-bond acceptors (Lipinski definition) is 3. The van der Waals surface area contributed by atoms with Gasteiger partial charge >= 0.3 is 0 Å². The summed E-state index contributed by atoms with van der Waals surface area (Å²) in [6.07, 6.45) is 2.83. The highest BCUT2D eigenvalue weighted by atomic mass is 35.5. The fourth-order valence-corrected chi connectivity index (χ4v) is 3.88. The Kier molecular flexibility index (Phi) is 10.0. The summed E-state index contributed by atoms with van der Waals surface area (Å²) in [7, 11) is 0. The minimum atomic E-state index is 0. The van der Waals surface area contributed by atoms with Crippen LogP contribution in [0.4, 0.5) is 0 Å². The molecule has 0 unspecified atom stereocenters. The molecule has 1 amide bonds. The summed E-state index contributed by atoms with van der Waals surface area (Å²) in [5.41, 5.74) is 0. The largest absolute Gasteiger partial charge is 0.343 e. The first kappa shape index (κ1) is 20.6. The number of piperidine rings is 1. The molecule has 0 aromatic heterocycles. The van der Waals surface area contributed by atoms with Gasteiger partial charge in [-0.1, -0.05) is 30.7 Å². The molecule has 1 fully saturated rings. The standard InChI is InChI=1S/C17H25ClN2OS.ClH/c1-2-19-13-14-7-10-20(11-8-14)17(21)9-12-22-16-6-4-3-5-15(16)18;/h3-6,14,19H,2,7-13H2,1H3;1H. The number of carbonyl (C=O) groups excluding carboxylic acids is 1. The van der Waals surface area contributed by atoms with Gasteiger partial charge in [-0.2, -0.15) is 0 Å². The van der Waals surface area contributed by atoms with Crippen molar-refractivity contribution in [3.8, 4) is 0 Å². The molecule has 1 aliphatic heterocycles. The number of rotatable bonds is 7. The molecule has 1 aromatic rings. The van der Waals surface area contributed by atoms with Gasteiger partial charge in [-0.05, 0) is 44.0 Å². The van der Waals surface area contributed by atoms with Crippen molar-refractivity contribution in [2.24, 2.45) is 5.92 Å². The third-order valence-corrected chi connectivity index (χ3v) is 5.58. The number of carbonyl (C=O) groups is 1. The van der Waals surface area contributed by atoms with Crippen LogP contribution in [-0.4, -0.2) is 42.7 Å². The molecule has 0 bridgehead atoms. The van der Waals surface area contributed by atoms with Crippen LogP contribution < -0.4 is 5.32 Å². The van der Waals surface area contributed by atoms with Gasteiger partial charge in [0.05, 0.1) is 5.02 Å². The van der Waals surface area contributed by atoms with Gasteiger partial charge in [0.1, 0.15) is 0 Å². The molecule has 1 saturated heterocycles. The van der Waals surface area contributed by atoms with Gasteiger partial charge in [0.2, 0.25) is 5.91 Å². The Morgan fingerprint density at radius 3 is 2.70 bits per heavy atom. The fourth-order valence-electron chi connectivity index (χ4n) is 2.70. The molecule has 1 aliphatic rings. The molecule has 0 atom stereocenters. The molecule has 0 spiro atoms. The summed E-state index contributed by atoms with van der Waals surface area (Å²) >= 11 is 7.79. The summed E-state index contributed by atoms with van der Waals surface area (Å²) in [5, 5.41) is 4.17. The Morgan fingerprint density at radius 1 is 1.35 bits per heavy atom. The fraction of sp³-hybridized carbons (Fsp3) is 0.588. The van der Waals surface area contributed by atoms with Crippen LogP contribution in [0.25, 0.3) is 0 Å². The minimum Gasteiger partial charge on any atom is -0.343 e. The van der Waals surface area contributed by atoms with Crippen LogP contribution in [0.3, 0.4) is 0 Å². The molecular formula is C17H26Cl2N2OS. The highest BCUT2D eigenvalue weighted by Gasteiger charge is 2.22. The number of halogens is 2. The number of thioether (sulfide) groups is 1. The lowest BCUT2D eigenvalue weighted by Crippen LogP contribution is -2.40. The summed E-state index contributed by atoms with van der Waals surface area (Å²) in [6, 6.07) is 7.80. The van der Waals surface area contributed by atoms with Crippen molar-refractivity contribution < 1.29 is 4.79 Å². The van der Waals surface area contributed by atoms with E-state index in [0.717, 1.165) is 60.6 Å². The molecule has 6 heteroatoms. The lowest BCUT2D eigenvalue weighted by molar-refractivity contribution is -0.132. The van der Waals surface area contributed by atoms with E-state index in [1.54, 1.807) is 11.8 Å². The van der Waals surface area contributed by atoms with E-state index in [0.29, 0.717) is 6.42 Å². The minimum absolute atomic E-state index is 0. The van der Waals surface area contributed by atoms with E-state index >= 15 is 0 Å². The van der Waals surface area contributed by atoms with Gasteiger partial charge in [-0.15, -0.1) is 24.2 Å². The van der Waals surface area contributed by atoms with Crippen molar-refractivity contribution in [1.29, 1.82) is 0 Å². The summed E-state index contributed by atoms with van der Waals surface area (Å²) in [5.74, 6) is 1.79. The average Bonchev–Trinajstić information content (AvgIpc) is 2.55. The molecule has 1 aromatic carbocycles. The van der Waals surface area contributed by atoms with E-state index in [9.17, 15) is 4.79 Å². The second-order valence-electron chi connectivity index (χ2n) is 5.66. The van der Waals surface area contributed by atoms with E-state index in [1.165, 1.54) is 0 Å². The van der Waals surface area contributed by atoms with Crippen molar-refractivity contribution in [1.82, 2.24) is 10.2 Å². The van der Waals surface area contributed by atoms with Crippen LogP contribution in [0, 0.1) is 5.92 Å². The topological polar surface area (TPSA) is 32.3 Å². The molecule has 130 valence electrons. The Morgan fingerprint density at radius 2 is 2.04 bits per heavy atom. The van der Waals surface area contributed by atoms with E-state index in [1.807, 2.05) is 29.2 Å². The maximum Gasteiger partial charge on any atom is 0.223 e. The number of nitrogens with zero attached hydrogens (tertiary/aromatic N) is 1. The molecule has 2 rings (SSSR count). The number of nitrogens with one attached hydrogen (secondary N) is 1. The van der Waals surface area contributed by atoms with Crippen LogP contribution in [0.2, 0.25) is 5.02 Å². The first-order valence-electron chi connectivity index (χ1n) is 8.06. The predicted octanol–water partition coefficient (Wildman–Crippen LogP) is 4.09. The summed E-state index contributed by atoms with van der Waals surface area (Å²) in [4.78, 5) is 15.3. The van der Waals surface area contributed by atoms with Crippen molar-refractivity contribution in [3.63, 3.8) is 0 Å². The molecule has 0 aliphatic carbocycles. The predicted molar refractivity (Wildman–Crippen MR) is 102 cm³/mol. The number of likely N-dealkylation sites (tertiary alicyclic amines) is 1. The van der Waals surface area contributed by atoms with Crippen molar-refractivity contribution in [2.45, 2.75) is 31.1 Å². The number of benzene rings is 1. The number of amides is 1. The first-order chi connectivity index (χ1) is 10.7. The summed E-state index contributed by atoms with van der Waals surface area (Å²) in [6.45, 7) is 6.06. The van der Waals surface area contributed by atoms with Gasteiger partial charge < -0.3 is 10.2 Å². The quantitative estimate of drug-likeness (QED) is 0.727. The van der Waals surface area contributed by atoms with Gasteiger partial charge in [-0.25, -0.2) is 0 Å². The van der Waals surface area contributed by atoms with Gasteiger partial charge in [0, 0.05) is 30.2 Å². The van der Waals surface area contributed by atoms with E-state index in [-0.39, 0.29) is 18.3 Å². The SMILES string of the molecule is CCNCC1CCN(C(=O)CCSc2ccccc2Cl)CC1.Cl. The van der Waals surface area contributed by atoms with Crippen LogP contribution in [-0.2, 0) is 4.79 Å². The Labute approximate surface area is 154 Å². The van der Waals surface area contributed by atoms with E-state index in [4.69, 9.17) is 11.6 Å². The zero-order valence-corrected chi connectivity index (χ0v) is 16.0. The Hall–Kier alpha value is -0.420. The Bertz CT molecular complexity index is 479. The molecule has 0 saturated carbocycles. The average molecular weight is 377 g/mol. The van der Waals surface area contributed by atoms with Gasteiger partial charge in [0.25, 0.3) is 0 Å². The van der Waals surface area contributed by atoms with Crippen LogP contribution in [0.15, 0.2) is 29.2 Å². The van der Waals surface area contributed by atoms with Crippen LogP contribution in [0.5, 0.6) is 0 Å². The lowest BCUT2D eigenvalue weighted by Gasteiger charge is -2.32. The van der Waals surface area contributed by atoms with Gasteiger partial charge in [-0.3, -0.25) is 4.79 Å². The second kappa shape index (κ2) is 11.2. The normalized spacial score (nSPS) is 15.3. The van der Waals surface area contributed by atoms with Gasteiger partial charge in [0.15, 0.2) is 0 Å². The zero-order chi connectivity index (χ0) is 15.8. The zero-order valence-electron chi connectivity index (χ0n) is 13.6. The smallest absolute Gasteiger partial charge is 0.223 e. The first-order valence-corrected chi connectivity index (χ1v) is 9.43. The van der Waals surface area contributed by atoms with Crippen molar-refractivity contribution in [3.05, 3.63) is 29.3 Å². The molecule has 1 N–H and O–H groups in total. The molecule has 23 heavy (non-hydrogen) atoms. The highest BCUT2D eigenvalue weighted by Crippen LogP contribution is 2.27. The second-order valence-corrected chi connectivity index (χ2v) is 7.20. The van der Waals surface area contributed by atoms with E-state index in [2.05, 4.69) is 12.2 Å². The monoisotopic (exact) mass is 376 g/mol. The number of hydrogen-bond donors (Lipinski definition) is 1. The van der Waals surface area contributed by atoms with Crippen LogP contribution in [0.1, 0.15) is 26.2 Å². The third kappa shape index (κ3) is 6.92. The highest BCUT2D eigenvalue weighted by molar-refractivity contribution is 7.99. The van der Waals surface area contributed by atoms with Crippen LogP contribution >= 0.6 is 35.8 Å². The molecule has 3 nitrogen and oxygen atoms in total. The van der Waals surface area contributed by atoms with Crippen molar-refractivity contribution >= 4 is 41.7 Å². The van der Waals surface area contributed by atoms with E-state index < -0.39 is 0 Å². The molecular weight excluding hydrogens is 351 g/mol. The third-order valence-electron chi connectivity index (χ3n) is 4.06. The van der Waals surface area contributed by atoms with Crippen molar-refractivity contribution in [2.75, 3.05) is 31.9 Å².